The van der Waals surface area contributed by atoms with Gasteiger partial charge >= 0.3 is 0 Å². The first-order valence-electron chi connectivity index (χ1n) is 9.96. The zero-order chi connectivity index (χ0) is 20.5. The summed E-state index contributed by atoms with van der Waals surface area (Å²) < 4.78 is 7.57. The number of carbonyl (C=O) groups is 2. The molecule has 0 N–H and O–H groups in total. The summed E-state index contributed by atoms with van der Waals surface area (Å²) in [6.07, 6.45) is 3.53. The van der Waals surface area contributed by atoms with Crippen molar-refractivity contribution in [3.63, 3.8) is 0 Å². The average Bonchev–Trinajstić information content (AvgIpc) is 3.26. The Balaban J connectivity index is 1.52. The predicted octanol–water partition coefficient (Wildman–Crippen LogP) is 4.23. The third-order valence-corrected chi connectivity index (χ3v) is 5.97. The average molecular weight is 412 g/mol. The lowest BCUT2D eigenvalue weighted by Crippen LogP contribution is -2.43. The summed E-state index contributed by atoms with van der Waals surface area (Å²) in [6, 6.07) is 7.34. The molecular weight excluding hydrogens is 386 g/mol. The fraction of sp³-hybridized carbons (Fsp3) is 0.409. The second kappa shape index (κ2) is 7.99. The van der Waals surface area contributed by atoms with Gasteiger partial charge in [0.2, 0.25) is 0 Å². The minimum atomic E-state index is -0.201. The van der Waals surface area contributed by atoms with Crippen molar-refractivity contribution in [2.45, 2.75) is 39.7 Å². The number of piperidine rings is 1. The molecule has 1 fully saturated rings. The van der Waals surface area contributed by atoms with Crippen molar-refractivity contribution in [1.82, 2.24) is 14.3 Å². The lowest BCUT2D eigenvalue weighted by atomic mass is 9.89. The molecular formula is C22H25N3O3S. The van der Waals surface area contributed by atoms with E-state index >= 15 is 0 Å². The normalized spacial score (nSPS) is 17.1. The van der Waals surface area contributed by atoms with Gasteiger partial charge in [0.15, 0.2) is 10.7 Å². The number of hydrogen-bond acceptors (Lipinski definition) is 5. The Morgan fingerprint density at radius 3 is 2.93 bits per heavy atom. The van der Waals surface area contributed by atoms with Gasteiger partial charge in [-0.25, -0.2) is 4.98 Å². The molecule has 0 spiro atoms. The first-order chi connectivity index (χ1) is 13.9. The topological polar surface area (TPSA) is 63.9 Å². The molecule has 7 heteroatoms. The molecule has 1 aliphatic heterocycles. The van der Waals surface area contributed by atoms with Crippen LogP contribution in [0.2, 0.25) is 0 Å². The van der Waals surface area contributed by atoms with Crippen LogP contribution in [0.25, 0.3) is 4.96 Å². The predicted molar refractivity (Wildman–Crippen MR) is 113 cm³/mol. The molecule has 0 aliphatic carbocycles. The van der Waals surface area contributed by atoms with Gasteiger partial charge in [0, 0.05) is 36.1 Å². The summed E-state index contributed by atoms with van der Waals surface area (Å²) in [5, 5.41) is 1.92. The number of thiazole rings is 1. The summed E-state index contributed by atoms with van der Waals surface area (Å²) in [7, 11) is 0. The van der Waals surface area contributed by atoms with Crippen molar-refractivity contribution >= 4 is 28.0 Å². The van der Waals surface area contributed by atoms with Gasteiger partial charge in [-0.3, -0.25) is 14.0 Å². The van der Waals surface area contributed by atoms with E-state index in [0.717, 1.165) is 23.5 Å². The van der Waals surface area contributed by atoms with E-state index in [1.807, 2.05) is 54.9 Å². The number of benzene rings is 1. The van der Waals surface area contributed by atoms with Crippen molar-refractivity contribution in [1.29, 1.82) is 0 Å². The second-order valence-corrected chi connectivity index (χ2v) is 8.62. The first kappa shape index (κ1) is 19.6. The van der Waals surface area contributed by atoms with Crippen LogP contribution in [0.3, 0.4) is 0 Å². The van der Waals surface area contributed by atoms with Crippen molar-refractivity contribution in [2.24, 2.45) is 5.92 Å². The van der Waals surface area contributed by atoms with Gasteiger partial charge in [-0.2, -0.15) is 0 Å². The summed E-state index contributed by atoms with van der Waals surface area (Å²) in [5.74, 6) is 0.516. The molecule has 0 radical (unpaired) electrons. The molecule has 1 amide bonds. The van der Waals surface area contributed by atoms with Crippen LogP contribution < -0.4 is 4.74 Å². The molecule has 1 unspecified atom stereocenters. The van der Waals surface area contributed by atoms with Gasteiger partial charge in [-0.05, 0) is 45.7 Å². The van der Waals surface area contributed by atoms with Gasteiger partial charge in [0.05, 0.1) is 11.8 Å². The minimum absolute atomic E-state index is 0.0518. The summed E-state index contributed by atoms with van der Waals surface area (Å²) in [4.78, 5) is 33.4. The van der Waals surface area contributed by atoms with Gasteiger partial charge in [0.25, 0.3) is 5.91 Å². The number of carbonyl (C=O) groups excluding carboxylic acids is 2. The van der Waals surface area contributed by atoms with E-state index in [0.29, 0.717) is 30.1 Å². The Hall–Kier alpha value is -2.67. The third kappa shape index (κ3) is 3.92. The fourth-order valence-corrected chi connectivity index (χ4v) is 4.67. The van der Waals surface area contributed by atoms with E-state index in [9.17, 15) is 9.59 Å². The highest BCUT2D eigenvalue weighted by Gasteiger charge is 2.31. The molecule has 1 atom stereocenters. The number of hydrogen-bond donors (Lipinski definition) is 0. The van der Waals surface area contributed by atoms with Gasteiger partial charge in [-0.15, -0.1) is 11.3 Å². The smallest absolute Gasteiger partial charge is 0.272 e. The molecule has 4 rings (SSSR count). The molecule has 1 aromatic carbocycles. The van der Waals surface area contributed by atoms with Crippen LogP contribution in [0, 0.1) is 12.8 Å². The number of fused-ring (bicyclic) bond motifs is 1. The van der Waals surface area contributed by atoms with E-state index in [-0.39, 0.29) is 23.7 Å². The van der Waals surface area contributed by atoms with E-state index < -0.39 is 0 Å². The number of ketones is 1. The largest absolute Gasteiger partial charge is 0.491 e. The Morgan fingerprint density at radius 1 is 1.31 bits per heavy atom. The molecule has 3 aromatic rings. The lowest BCUT2D eigenvalue weighted by molar-refractivity contribution is 0.0630. The van der Waals surface area contributed by atoms with Gasteiger partial charge in [0.1, 0.15) is 11.4 Å². The monoisotopic (exact) mass is 411 g/mol. The summed E-state index contributed by atoms with van der Waals surface area (Å²) in [5.41, 5.74) is 1.97. The molecule has 0 saturated carbocycles. The minimum Gasteiger partial charge on any atom is -0.491 e. The van der Waals surface area contributed by atoms with Gasteiger partial charge < -0.3 is 9.64 Å². The van der Waals surface area contributed by atoms with Crippen LogP contribution in [0.5, 0.6) is 5.75 Å². The van der Waals surface area contributed by atoms with E-state index in [1.54, 1.807) is 11.0 Å². The van der Waals surface area contributed by atoms with E-state index in [2.05, 4.69) is 4.98 Å². The highest BCUT2D eigenvalue weighted by Crippen LogP contribution is 2.26. The van der Waals surface area contributed by atoms with Crippen LogP contribution in [0.1, 0.15) is 53.2 Å². The third-order valence-electron chi connectivity index (χ3n) is 5.21. The molecule has 1 aliphatic rings. The van der Waals surface area contributed by atoms with Crippen LogP contribution in [0.15, 0.2) is 35.8 Å². The van der Waals surface area contributed by atoms with Crippen molar-refractivity contribution in [3.05, 3.63) is 52.8 Å². The second-order valence-electron chi connectivity index (χ2n) is 7.75. The Morgan fingerprint density at radius 2 is 2.14 bits per heavy atom. The van der Waals surface area contributed by atoms with Crippen LogP contribution in [-0.2, 0) is 0 Å². The van der Waals surface area contributed by atoms with Crippen molar-refractivity contribution in [3.8, 4) is 5.75 Å². The number of rotatable bonds is 5. The van der Waals surface area contributed by atoms with Crippen LogP contribution in [0.4, 0.5) is 0 Å². The van der Waals surface area contributed by atoms with E-state index in [4.69, 9.17) is 4.74 Å². The molecule has 29 heavy (non-hydrogen) atoms. The zero-order valence-corrected chi connectivity index (χ0v) is 17.7. The quantitative estimate of drug-likeness (QED) is 0.590. The zero-order valence-electron chi connectivity index (χ0n) is 16.9. The number of aryl methyl sites for hydroxylation is 1. The number of imidazole rings is 1. The summed E-state index contributed by atoms with van der Waals surface area (Å²) >= 11 is 1.51. The number of ether oxygens (including phenoxy) is 1. The van der Waals surface area contributed by atoms with Gasteiger partial charge in [-0.1, -0.05) is 12.1 Å². The highest BCUT2D eigenvalue weighted by atomic mass is 32.1. The Kier molecular flexibility index (Phi) is 5.41. The number of aromatic nitrogens is 2. The Labute approximate surface area is 174 Å². The summed E-state index contributed by atoms with van der Waals surface area (Å²) in [6.45, 7) is 6.88. The van der Waals surface area contributed by atoms with Crippen LogP contribution >= 0.6 is 11.3 Å². The maximum Gasteiger partial charge on any atom is 0.272 e. The fourth-order valence-electron chi connectivity index (χ4n) is 3.91. The molecule has 2 aromatic heterocycles. The number of nitrogens with zero attached hydrogens (tertiary/aromatic N) is 3. The molecule has 1 saturated heterocycles. The number of Topliss-reactive ketones (excluding diaryl/α,β-unsaturated/α-hetero) is 1. The molecule has 3 heterocycles. The SMILES string of the molecule is Cc1nc2sccn2c1C(=O)N1CCCC(C(=O)c2cccc(OC(C)C)c2)C1. The standard InChI is InChI=1S/C22H25N3O3S/c1-14(2)28-18-8-4-6-16(12-18)20(26)17-7-5-9-24(13-17)21(27)19-15(3)23-22-25(19)10-11-29-22/h4,6,8,10-12,14,17H,5,7,9,13H2,1-3H3. The molecule has 6 nitrogen and oxygen atoms in total. The maximum atomic E-state index is 13.2. The maximum absolute atomic E-state index is 13.2. The van der Waals surface area contributed by atoms with Crippen molar-refractivity contribution in [2.75, 3.05) is 13.1 Å². The number of amides is 1. The van der Waals surface area contributed by atoms with E-state index in [1.165, 1.54) is 11.3 Å². The molecule has 0 bridgehead atoms. The highest BCUT2D eigenvalue weighted by molar-refractivity contribution is 7.15. The Bertz CT molecular complexity index is 1050. The van der Waals surface area contributed by atoms with Crippen molar-refractivity contribution < 1.29 is 14.3 Å². The number of likely N-dealkylation sites (tertiary alicyclic amines) is 1. The lowest BCUT2D eigenvalue weighted by Gasteiger charge is -2.32. The van der Waals surface area contributed by atoms with Crippen LogP contribution in [-0.4, -0.2) is 45.2 Å². The first-order valence-corrected chi connectivity index (χ1v) is 10.8. The molecule has 152 valence electrons.